The summed E-state index contributed by atoms with van der Waals surface area (Å²) in [5, 5.41) is 0.0735. The van der Waals surface area contributed by atoms with Gasteiger partial charge >= 0.3 is 0 Å². The van der Waals surface area contributed by atoms with Crippen molar-refractivity contribution in [2.24, 2.45) is 0 Å². The van der Waals surface area contributed by atoms with E-state index < -0.39 is 0 Å². The van der Waals surface area contributed by atoms with Crippen LogP contribution in [0, 0.1) is 0 Å². The summed E-state index contributed by atoms with van der Waals surface area (Å²) < 4.78 is 5.94. The second-order valence-electron chi connectivity index (χ2n) is 4.34. The number of amides is 1. The Hall–Kier alpha value is -0.740. The number of ether oxygens (including phenoxy) is 1. The van der Waals surface area contributed by atoms with Crippen molar-refractivity contribution < 1.29 is 9.53 Å². The van der Waals surface area contributed by atoms with Gasteiger partial charge in [-0.05, 0) is 47.0 Å². The SMILES string of the molecule is COc1ccc(C(=O)N2CCCC(Cl)C2)cc1Br. The van der Waals surface area contributed by atoms with E-state index in [1.165, 1.54) is 0 Å². The van der Waals surface area contributed by atoms with E-state index in [1.807, 2.05) is 4.90 Å². The number of carbonyl (C=O) groups is 1. The van der Waals surface area contributed by atoms with Crippen molar-refractivity contribution in [3.63, 3.8) is 0 Å². The molecular formula is C13H15BrClNO2. The Balaban J connectivity index is 2.15. The van der Waals surface area contributed by atoms with E-state index in [9.17, 15) is 4.79 Å². The predicted octanol–water partition coefficient (Wildman–Crippen LogP) is 3.30. The average molecular weight is 333 g/mol. The molecule has 1 unspecified atom stereocenters. The van der Waals surface area contributed by atoms with E-state index in [0.717, 1.165) is 29.6 Å². The summed E-state index contributed by atoms with van der Waals surface area (Å²) in [7, 11) is 1.60. The van der Waals surface area contributed by atoms with Crippen molar-refractivity contribution in [2.75, 3.05) is 20.2 Å². The third-order valence-electron chi connectivity index (χ3n) is 3.05. The van der Waals surface area contributed by atoms with Crippen molar-refractivity contribution in [3.8, 4) is 5.75 Å². The largest absolute Gasteiger partial charge is 0.496 e. The number of likely N-dealkylation sites (tertiary alicyclic amines) is 1. The molecule has 1 aliphatic rings. The Bertz CT molecular complexity index is 453. The molecule has 1 aromatic carbocycles. The monoisotopic (exact) mass is 331 g/mol. The molecule has 1 fully saturated rings. The minimum atomic E-state index is 0.0312. The van der Waals surface area contributed by atoms with Gasteiger partial charge in [-0.15, -0.1) is 11.6 Å². The Morgan fingerprint density at radius 1 is 1.56 bits per heavy atom. The van der Waals surface area contributed by atoms with Crippen LogP contribution in [0.25, 0.3) is 0 Å². The molecule has 0 bridgehead atoms. The van der Waals surface area contributed by atoms with Crippen LogP contribution in [0.2, 0.25) is 0 Å². The van der Waals surface area contributed by atoms with Crippen LogP contribution in [0.15, 0.2) is 22.7 Å². The predicted molar refractivity (Wildman–Crippen MR) is 75.5 cm³/mol. The number of halogens is 2. The summed E-state index contributed by atoms with van der Waals surface area (Å²) in [4.78, 5) is 14.1. The van der Waals surface area contributed by atoms with Gasteiger partial charge in [0.25, 0.3) is 5.91 Å². The maximum absolute atomic E-state index is 12.3. The van der Waals surface area contributed by atoms with E-state index in [4.69, 9.17) is 16.3 Å². The zero-order valence-electron chi connectivity index (χ0n) is 10.2. The Morgan fingerprint density at radius 2 is 2.33 bits per heavy atom. The highest BCUT2D eigenvalue weighted by atomic mass is 79.9. The fourth-order valence-electron chi connectivity index (χ4n) is 2.09. The number of methoxy groups -OCH3 is 1. The molecule has 3 nitrogen and oxygen atoms in total. The van der Waals surface area contributed by atoms with Crippen molar-refractivity contribution in [2.45, 2.75) is 18.2 Å². The molecule has 1 heterocycles. The molecule has 18 heavy (non-hydrogen) atoms. The Labute approximate surface area is 120 Å². The molecule has 5 heteroatoms. The Morgan fingerprint density at radius 3 is 2.94 bits per heavy atom. The molecule has 1 aromatic rings. The molecular weight excluding hydrogens is 318 g/mol. The first-order valence-corrected chi connectivity index (χ1v) is 7.11. The Kier molecular flexibility index (Phi) is 4.51. The van der Waals surface area contributed by atoms with Crippen LogP contribution in [-0.4, -0.2) is 36.4 Å². The summed E-state index contributed by atoms with van der Waals surface area (Å²) >= 11 is 9.49. The third-order valence-corrected chi connectivity index (χ3v) is 4.03. The first kappa shape index (κ1) is 13.7. The summed E-state index contributed by atoms with van der Waals surface area (Å²) in [6, 6.07) is 5.36. The number of rotatable bonds is 2. The fourth-order valence-corrected chi connectivity index (χ4v) is 2.95. The summed E-state index contributed by atoms with van der Waals surface area (Å²) in [5.74, 6) is 0.754. The van der Waals surface area contributed by atoms with Crippen LogP contribution in [-0.2, 0) is 0 Å². The summed E-state index contributed by atoms with van der Waals surface area (Å²) in [5.41, 5.74) is 0.661. The van der Waals surface area contributed by atoms with E-state index in [1.54, 1.807) is 25.3 Å². The molecule has 0 spiro atoms. The minimum Gasteiger partial charge on any atom is -0.496 e. The summed E-state index contributed by atoms with van der Waals surface area (Å²) in [6.07, 6.45) is 1.95. The number of piperidine rings is 1. The smallest absolute Gasteiger partial charge is 0.253 e. The van der Waals surface area contributed by atoms with Crippen LogP contribution >= 0.6 is 27.5 Å². The molecule has 0 N–H and O–H groups in total. The number of nitrogens with zero attached hydrogens (tertiary/aromatic N) is 1. The minimum absolute atomic E-state index is 0.0312. The highest BCUT2D eigenvalue weighted by molar-refractivity contribution is 9.10. The molecule has 1 amide bonds. The molecule has 0 radical (unpaired) electrons. The quantitative estimate of drug-likeness (QED) is 0.778. The van der Waals surface area contributed by atoms with Crippen molar-refractivity contribution in [3.05, 3.63) is 28.2 Å². The van der Waals surface area contributed by atoms with Crippen molar-refractivity contribution >= 4 is 33.4 Å². The van der Waals surface area contributed by atoms with E-state index in [0.29, 0.717) is 12.1 Å². The molecule has 0 aromatic heterocycles. The van der Waals surface area contributed by atoms with Gasteiger partial charge in [0.1, 0.15) is 5.75 Å². The van der Waals surface area contributed by atoms with Gasteiger partial charge in [0, 0.05) is 18.7 Å². The fraction of sp³-hybridized carbons (Fsp3) is 0.462. The lowest BCUT2D eigenvalue weighted by Gasteiger charge is -2.30. The molecule has 0 aliphatic carbocycles. The number of hydrogen-bond acceptors (Lipinski definition) is 2. The lowest BCUT2D eigenvalue weighted by molar-refractivity contribution is 0.0727. The topological polar surface area (TPSA) is 29.5 Å². The van der Waals surface area contributed by atoms with Crippen LogP contribution in [0.1, 0.15) is 23.2 Å². The van der Waals surface area contributed by atoms with Crippen LogP contribution in [0.3, 0.4) is 0 Å². The van der Waals surface area contributed by atoms with Gasteiger partial charge in [-0.2, -0.15) is 0 Å². The standard InChI is InChI=1S/C13H15BrClNO2/c1-18-12-5-4-9(7-11(12)14)13(17)16-6-2-3-10(15)8-16/h4-5,7,10H,2-3,6,8H2,1H3. The van der Waals surface area contributed by atoms with Gasteiger partial charge in [-0.25, -0.2) is 0 Å². The lowest BCUT2D eigenvalue weighted by atomic mass is 10.1. The second kappa shape index (κ2) is 5.93. The van der Waals surface area contributed by atoms with E-state index >= 15 is 0 Å². The van der Waals surface area contributed by atoms with Crippen LogP contribution in [0.5, 0.6) is 5.75 Å². The number of carbonyl (C=O) groups excluding carboxylic acids is 1. The van der Waals surface area contributed by atoms with Gasteiger partial charge in [0.05, 0.1) is 17.0 Å². The van der Waals surface area contributed by atoms with Gasteiger partial charge in [-0.3, -0.25) is 4.79 Å². The van der Waals surface area contributed by atoms with Crippen LogP contribution in [0.4, 0.5) is 0 Å². The first-order chi connectivity index (χ1) is 8.61. The number of hydrogen-bond donors (Lipinski definition) is 0. The molecule has 1 aliphatic heterocycles. The highest BCUT2D eigenvalue weighted by Gasteiger charge is 2.23. The third kappa shape index (κ3) is 2.98. The lowest BCUT2D eigenvalue weighted by Crippen LogP contribution is -2.40. The molecule has 0 saturated carbocycles. The maximum atomic E-state index is 12.3. The zero-order valence-corrected chi connectivity index (χ0v) is 12.5. The normalized spacial score (nSPS) is 19.7. The van der Waals surface area contributed by atoms with Gasteiger partial charge < -0.3 is 9.64 Å². The van der Waals surface area contributed by atoms with Gasteiger partial charge in [-0.1, -0.05) is 0 Å². The molecule has 98 valence electrons. The number of benzene rings is 1. The van der Waals surface area contributed by atoms with Gasteiger partial charge in [0.15, 0.2) is 0 Å². The molecule has 1 saturated heterocycles. The van der Waals surface area contributed by atoms with E-state index in [2.05, 4.69) is 15.9 Å². The first-order valence-electron chi connectivity index (χ1n) is 5.88. The second-order valence-corrected chi connectivity index (χ2v) is 5.81. The molecule has 1 atom stereocenters. The summed E-state index contributed by atoms with van der Waals surface area (Å²) in [6.45, 7) is 1.41. The maximum Gasteiger partial charge on any atom is 0.253 e. The number of alkyl halides is 1. The average Bonchev–Trinajstić information content (AvgIpc) is 2.37. The van der Waals surface area contributed by atoms with E-state index in [-0.39, 0.29) is 11.3 Å². The van der Waals surface area contributed by atoms with Crippen molar-refractivity contribution in [1.82, 2.24) is 4.90 Å². The molecule has 2 rings (SSSR count). The van der Waals surface area contributed by atoms with Crippen LogP contribution < -0.4 is 4.74 Å². The van der Waals surface area contributed by atoms with Crippen molar-refractivity contribution in [1.29, 1.82) is 0 Å². The zero-order chi connectivity index (χ0) is 13.1. The van der Waals surface area contributed by atoms with Gasteiger partial charge in [0.2, 0.25) is 0 Å². The highest BCUT2D eigenvalue weighted by Crippen LogP contribution is 2.26.